The van der Waals surface area contributed by atoms with Crippen molar-refractivity contribution >= 4 is 67.6 Å². The van der Waals surface area contributed by atoms with Crippen molar-refractivity contribution in [3.05, 3.63) is 109 Å². The van der Waals surface area contributed by atoms with Gasteiger partial charge >= 0.3 is 12.2 Å². The molecule has 5 atom stereocenters. The minimum Gasteiger partial charge on any atom is -0.453 e. The number of H-pyrrole nitrogens is 2. The highest BCUT2D eigenvalue weighted by molar-refractivity contribution is 6.07. The number of carbonyl (C=O) groups excluding carboxylic acids is 4. The van der Waals surface area contributed by atoms with Gasteiger partial charge < -0.3 is 44.6 Å². The Morgan fingerprint density at radius 1 is 0.800 bits per heavy atom. The van der Waals surface area contributed by atoms with Crippen LogP contribution < -0.4 is 10.6 Å². The minimum atomic E-state index is -0.998. The van der Waals surface area contributed by atoms with Gasteiger partial charge in [-0.15, -0.1) is 0 Å². The summed E-state index contributed by atoms with van der Waals surface area (Å²) in [5.74, 6) is 0.865. The van der Waals surface area contributed by atoms with Crippen LogP contribution in [0.1, 0.15) is 63.8 Å². The largest absolute Gasteiger partial charge is 0.453 e. The van der Waals surface area contributed by atoms with Gasteiger partial charge in [-0.3, -0.25) is 9.59 Å². The Hall–Kier alpha value is -7.00. The number of aromatic nitrogens is 4. The van der Waals surface area contributed by atoms with Gasteiger partial charge in [-0.1, -0.05) is 81.1 Å². The molecule has 2 saturated heterocycles. The molecule has 0 saturated carbocycles. The number of benzene rings is 4. The number of nitrogens with one attached hydrogen (secondary N) is 4. The van der Waals surface area contributed by atoms with Gasteiger partial charge in [-0.05, 0) is 83.8 Å². The molecular weight excluding hydrogens is 825 g/mol. The number of ether oxygens (including phenoxy) is 3. The fourth-order valence-electron chi connectivity index (χ4n) is 9.33. The van der Waals surface area contributed by atoms with Crippen molar-refractivity contribution in [3.8, 4) is 11.1 Å². The first-order chi connectivity index (χ1) is 31.4. The van der Waals surface area contributed by atoms with Crippen molar-refractivity contribution in [2.45, 2.75) is 64.2 Å². The van der Waals surface area contributed by atoms with Crippen molar-refractivity contribution in [2.24, 2.45) is 11.8 Å². The van der Waals surface area contributed by atoms with Crippen molar-refractivity contribution in [2.75, 3.05) is 41.0 Å². The zero-order valence-electron chi connectivity index (χ0n) is 37.6. The summed E-state index contributed by atoms with van der Waals surface area (Å²) in [4.78, 5) is 73.4. The Bertz CT molecular complexity index is 2860. The second-order valence-corrected chi connectivity index (χ2v) is 17.2. The van der Waals surface area contributed by atoms with Crippen LogP contribution in [0, 0.1) is 11.8 Å². The first-order valence-electron chi connectivity index (χ1n) is 22.0. The number of likely N-dealkylation sites (tertiary alicyclic amines) is 2. The molecule has 15 nitrogen and oxygen atoms in total. The lowest BCUT2D eigenvalue weighted by Crippen LogP contribution is -2.51. The van der Waals surface area contributed by atoms with E-state index in [-0.39, 0.29) is 35.7 Å². The van der Waals surface area contributed by atoms with Gasteiger partial charge in [0.15, 0.2) is 0 Å². The van der Waals surface area contributed by atoms with E-state index >= 15 is 0 Å². The van der Waals surface area contributed by atoms with Gasteiger partial charge in [0.25, 0.3) is 5.91 Å². The number of hydrogen-bond donors (Lipinski definition) is 4. The number of nitrogens with zero attached hydrogens (tertiary/aromatic N) is 4. The predicted molar refractivity (Wildman–Crippen MR) is 251 cm³/mol. The van der Waals surface area contributed by atoms with Crippen LogP contribution >= 0.6 is 0 Å². The van der Waals surface area contributed by atoms with E-state index in [0.29, 0.717) is 43.3 Å². The van der Waals surface area contributed by atoms with Gasteiger partial charge in [-0.25, -0.2) is 19.6 Å². The summed E-state index contributed by atoms with van der Waals surface area (Å²) in [6.45, 7) is 11.3. The molecule has 4 aromatic carbocycles. The van der Waals surface area contributed by atoms with Crippen molar-refractivity contribution in [1.29, 1.82) is 0 Å². The third-order valence-electron chi connectivity index (χ3n) is 12.6. The lowest BCUT2D eigenvalue weighted by atomic mass is 9.98. The molecule has 338 valence electrons. The van der Waals surface area contributed by atoms with Gasteiger partial charge in [-0.2, -0.15) is 0 Å². The minimum absolute atomic E-state index is 0.104. The molecule has 6 aromatic rings. The molecular formula is C50H56N8O7. The van der Waals surface area contributed by atoms with Crippen LogP contribution in [0.2, 0.25) is 0 Å². The molecule has 0 aliphatic carbocycles. The van der Waals surface area contributed by atoms with Crippen molar-refractivity contribution in [3.63, 3.8) is 0 Å². The van der Waals surface area contributed by atoms with Crippen LogP contribution in [0.4, 0.5) is 9.59 Å². The summed E-state index contributed by atoms with van der Waals surface area (Å²) in [6, 6.07) is 18.5. The molecule has 2 aliphatic heterocycles. The number of carbonyl (C=O) groups is 4. The summed E-state index contributed by atoms with van der Waals surface area (Å²) >= 11 is 0. The molecule has 65 heavy (non-hydrogen) atoms. The average molecular weight is 881 g/mol. The SMILES string of the molecule is C=C(/C=C\C=C/C)[C@@H](NC(=O)OC)C(=O)N1CCC[C@H]1c1nc2c(ccc3cc(-c4ccc5c(ccc6[nH]c([C@@H]7C[C@H](COC)CN7C(=O)[C@@H](NC(=O)OC)C(C)C)nc65)c4)ccc32)[nH]1. The van der Waals surface area contributed by atoms with Crippen molar-refractivity contribution in [1.82, 2.24) is 40.4 Å². The van der Waals surface area contributed by atoms with E-state index in [0.717, 1.165) is 67.6 Å². The normalized spacial score (nSPS) is 18.7. The van der Waals surface area contributed by atoms with E-state index < -0.39 is 24.3 Å². The van der Waals surface area contributed by atoms with E-state index in [2.05, 4.69) is 75.7 Å². The first kappa shape index (κ1) is 44.6. The van der Waals surface area contributed by atoms with Gasteiger partial charge in [0.05, 0.1) is 55.0 Å². The van der Waals surface area contributed by atoms with Crippen LogP contribution in [-0.4, -0.2) is 107 Å². The monoisotopic (exact) mass is 880 g/mol. The maximum Gasteiger partial charge on any atom is 0.407 e. The number of amides is 4. The third kappa shape index (κ3) is 8.92. The Kier molecular flexibility index (Phi) is 13.0. The lowest BCUT2D eigenvalue weighted by Gasteiger charge is -2.30. The van der Waals surface area contributed by atoms with E-state index in [1.807, 2.05) is 50.0 Å². The second kappa shape index (κ2) is 19.0. The number of fused-ring (bicyclic) bond motifs is 6. The van der Waals surface area contributed by atoms with E-state index in [1.54, 1.807) is 24.2 Å². The summed E-state index contributed by atoms with van der Waals surface area (Å²) in [7, 11) is 4.21. The fourth-order valence-corrected chi connectivity index (χ4v) is 9.33. The van der Waals surface area contributed by atoms with Gasteiger partial charge in [0.2, 0.25) is 5.91 Å². The van der Waals surface area contributed by atoms with Crippen LogP contribution in [-0.2, 0) is 23.8 Å². The number of imidazole rings is 2. The summed E-state index contributed by atoms with van der Waals surface area (Å²) < 4.78 is 15.2. The zero-order chi connectivity index (χ0) is 45.9. The van der Waals surface area contributed by atoms with E-state index in [9.17, 15) is 19.2 Å². The number of methoxy groups -OCH3 is 3. The topological polar surface area (TPSA) is 184 Å². The van der Waals surface area contributed by atoms with Crippen LogP contribution in [0.3, 0.4) is 0 Å². The molecule has 0 spiro atoms. The Labute approximate surface area is 377 Å². The van der Waals surface area contributed by atoms with Crippen molar-refractivity contribution < 1.29 is 33.4 Å². The molecule has 2 aliphatic rings. The molecule has 0 bridgehead atoms. The van der Waals surface area contributed by atoms with Crippen LogP contribution in [0.25, 0.3) is 54.7 Å². The number of rotatable bonds is 13. The third-order valence-corrected chi connectivity index (χ3v) is 12.6. The quantitative estimate of drug-likeness (QED) is 0.0828. The smallest absolute Gasteiger partial charge is 0.407 e. The Morgan fingerprint density at radius 3 is 1.97 bits per heavy atom. The average Bonchev–Trinajstić information content (AvgIpc) is 4.14. The Morgan fingerprint density at radius 2 is 1.40 bits per heavy atom. The highest BCUT2D eigenvalue weighted by atomic mass is 16.5. The molecule has 0 radical (unpaired) electrons. The van der Waals surface area contributed by atoms with Crippen LogP contribution in [0.15, 0.2) is 97.1 Å². The predicted octanol–water partition coefficient (Wildman–Crippen LogP) is 8.41. The number of hydrogen-bond acceptors (Lipinski definition) is 9. The summed E-state index contributed by atoms with van der Waals surface area (Å²) in [5, 5.41) is 9.42. The number of allylic oxidation sites excluding steroid dienone is 3. The van der Waals surface area contributed by atoms with Gasteiger partial charge in [0, 0.05) is 36.9 Å². The maximum atomic E-state index is 14.1. The lowest BCUT2D eigenvalue weighted by molar-refractivity contribution is -0.135. The Balaban J connectivity index is 1.05. The molecule has 4 N–H and O–H groups in total. The summed E-state index contributed by atoms with van der Waals surface area (Å²) in [5.41, 5.74) is 5.90. The zero-order valence-corrected chi connectivity index (χ0v) is 37.6. The molecule has 4 amide bonds. The number of alkyl carbamates (subject to hydrolysis) is 2. The first-order valence-corrected chi connectivity index (χ1v) is 22.0. The van der Waals surface area contributed by atoms with E-state index in [1.165, 1.54) is 14.2 Å². The fraction of sp³-hybridized carbons (Fsp3) is 0.360. The van der Waals surface area contributed by atoms with E-state index in [4.69, 9.17) is 24.2 Å². The molecule has 2 fully saturated rings. The molecule has 8 rings (SSSR count). The molecule has 2 aromatic heterocycles. The van der Waals surface area contributed by atoms with Crippen LogP contribution in [0.5, 0.6) is 0 Å². The number of aromatic amines is 2. The summed E-state index contributed by atoms with van der Waals surface area (Å²) in [6.07, 6.45) is 7.99. The highest BCUT2D eigenvalue weighted by Crippen LogP contribution is 2.39. The highest BCUT2D eigenvalue weighted by Gasteiger charge is 2.42. The standard InChI is InChI=1S/C50H56N8O7/c1-8-9-10-12-29(4)42(56-50(62)65-7)48(60)57-22-11-13-39(57)45-51-37-20-16-33-24-31(14-18-35(33)43(37)53-45)32-15-19-36-34(25-32)17-21-38-44(36)54-46(52-38)40-23-30(27-63-5)26-58(40)47(59)41(28(2)3)55-49(61)64-6/h8-10,12,14-21,24-25,28,30,39-42H,4,11,13,22-23,26-27H2,1-3,5-7H3,(H,51,53)(H,52,54)(H,55,61)(H,56,62)/b9-8-,12-10-/t30-,39-,40-,41-,42+/m0/s1. The molecule has 0 unspecified atom stereocenters. The maximum absolute atomic E-state index is 14.1. The van der Waals surface area contributed by atoms with Gasteiger partial charge in [0.1, 0.15) is 23.7 Å². The molecule has 4 heterocycles. The molecule has 15 heteroatoms. The second-order valence-electron chi connectivity index (χ2n) is 17.2.